The second-order valence-corrected chi connectivity index (χ2v) is 4.98. The molecule has 6 heteroatoms. The molecule has 0 aliphatic carbocycles. The molecule has 1 amide bonds. The molecule has 0 aromatic heterocycles. The second-order valence-electron chi connectivity index (χ2n) is 4.98. The van der Waals surface area contributed by atoms with Gasteiger partial charge in [-0.05, 0) is 20.3 Å². The summed E-state index contributed by atoms with van der Waals surface area (Å²) in [7, 11) is 1.36. The first-order valence-electron chi connectivity index (χ1n) is 6.72. The third-order valence-corrected chi connectivity index (χ3v) is 2.97. The van der Waals surface area contributed by atoms with Gasteiger partial charge in [0, 0.05) is 26.1 Å². The molecular weight excluding hydrogens is 248 g/mol. The highest BCUT2D eigenvalue weighted by atomic mass is 16.5. The van der Waals surface area contributed by atoms with E-state index in [-0.39, 0.29) is 24.1 Å². The molecular formula is C13H24N2O4. The summed E-state index contributed by atoms with van der Waals surface area (Å²) in [5.74, 6) is -0.253. The predicted octanol–water partition coefficient (Wildman–Crippen LogP) is 0.165. The SMILES string of the molecule is COC(=O)CCCNC(=O)CN1C[C@@H](C)O[C@@H](C)C1. The van der Waals surface area contributed by atoms with Crippen LogP contribution in [0.3, 0.4) is 0 Å². The number of nitrogens with one attached hydrogen (secondary N) is 1. The van der Waals surface area contributed by atoms with Crippen molar-refractivity contribution in [3.8, 4) is 0 Å². The summed E-state index contributed by atoms with van der Waals surface area (Å²) in [4.78, 5) is 24.7. The normalized spacial score (nSPS) is 23.9. The number of esters is 1. The minimum absolute atomic E-state index is 0.00818. The third kappa shape index (κ3) is 6.54. The molecule has 0 spiro atoms. The second kappa shape index (κ2) is 8.12. The maximum absolute atomic E-state index is 11.7. The number of carbonyl (C=O) groups is 2. The van der Waals surface area contributed by atoms with Gasteiger partial charge < -0.3 is 14.8 Å². The Bertz CT molecular complexity index is 299. The molecule has 1 N–H and O–H groups in total. The zero-order valence-electron chi connectivity index (χ0n) is 12.0. The highest BCUT2D eigenvalue weighted by Crippen LogP contribution is 2.09. The number of hydrogen-bond donors (Lipinski definition) is 1. The highest BCUT2D eigenvalue weighted by Gasteiger charge is 2.23. The van der Waals surface area contributed by atoms with E-state index in [1.165, 1.54) is 7.11 Å². The maximum atomic E-state index is 11.7. The number of nitrogens with zero attached hydrogens (tertiary/aromatic N) is 1. The van der Waals surface area contributed by atoms with Crippen molar-refractivity contribution in [3.63, 3.8) is 0 Å². The van der Waals surface area contributed by atoms with Crippen LogP contribution in [0.4, 0.5) is 0 Å². The molecule has 1 aliphatic heterocycles. The van der Waals surface area contributed by atoms with Gasteiger partial charge in [-0.2, -0.15) is 0 Å². The fraction of sp³-hybridized carbons (Fsp3) is 0.846. The molecule has 1 aliphatic rings. The van der Waals surface area contributed by atoms with Gasteiger partial charge in [-0.15, -0.1) is 0 Å². The Morgan fingerprint density at radius 2 is 1.95 bits per heavy atom. The Labute approximate surface area is 114 Å². The summed E-state index contributed by atoms with van der Waals surface area (Å²) < 4.78 is 10.1. The molecule has 2 atom stereocenters. The predicted molar refractivity (Wildman–Crippen MR) is 70.7 cm³/mol. The van der Waals surface area contributed by atoms with Crippen molar-refractivity contribution in [2.24, 2.45) is 0 Å². The molecule has 1 saturated heterocycles. The Morgan fingerprint density at radius 1 is 1.32 bits per heavy atom. The molecule has 0 unspecified atom stereocenters. The Balaban J connectivity index is 2.15. The summed E-state index contributed by atoms with van der Waals surface area (Å²) in [5, 5.41) is 2.81. The molecule has 1 fully saturated rings. The minimum atomic E-state index is -0.245. The summed E-state index contributed by atoms with van der Waals surface area (Å²) in [6, 6.07) is 0. The molecule has 0 saturated carbocycles. The van der Waals surface area contributed by atoms with Gasteiger partial charge in [-0.1, -0.05) is 0 Å². The van der Waals surface area contributed by atoms with E-state index in [1.54, 1.807) is 0 Å². The molecule has 110 valence electrons. The average molecular weight is 272 g/mol. The molecule has 6 nitrogen and oxygen atoms in total. The van der Waals surface area contributed by atoms with E-state index in [0.29, 0.717) is 25.9 Å². The lowest BCUT2D eigenvalue weighted by molar-refractivity contribution is -0.140. The van der Waals surface area contributed by atoms with E-state index >= 15 is 0 Å². The third-order valence-electron chi connectivity index (χ3n) is 2.97. The zero-order valence-corrected chi connectivity index (χ0v) is 12.0. The summed E-state index contributed by atoms with van der Waals surface area (Å²) >= 11 is 0. The van der Waals surface area contributed by atoms with Crippen LogP contribution in [0.25, 0.3) is 0 Å². The van der Waals surface area contributed by atoms with Gasteiger partial charge in [-0.3, -0.25) is 14.5 Å². The Morgan fingerprint density at radius 3 is 2.53 bits per heavy atom. The van der Waals surface area contributed by atoms with Crippen LogP contribution in [0.5, 0.6) is 0 Å². The number of carbonyl (C=O) groups excluding carboxylic acids is 2. The molecule has 1 rings (SSSR count). The van der Waals surface area contributed by atoms with Crippen molar-refractivity contribution in [1.29, 1.82) is 0 Å². The van der Waals surface area contributed by atoms with Crippen molar-refractivity contribution in [3.05, 3.63) is 0 Å². The summed E-state index contributed by atoms with van der Waals surface area (Å²) in [6.07, 6.45) is 1.27. The number of hydrogen-bond acceptors (Lipinski definition) is 5. The first-order chi connectivity index (χ1) is 9.01. The zero-order chi connectivity index (χ0) is 14.3. The van der Waals surface area contributed by atoms with Crippen LogP contribution < -0.4 is 5.32 Å². The van der Waals surface area contributed by atoms with Crippen molar-refractivity contribution in [2.75, 3.05) is 33.3 Å². The van der Waals surface area contributed by atoms with Gasteiger partial charge in [0.05, 0.1) is 25.9 Å². The monoisotopic (exact) mass is 272 g/mol. The van der Waals surface area contributed by atoms with E-state index < -0.39 is 0 Å². The van der Waals surface area contributed by atoms with Crippen LogP contribution in [0.1, 0.15) is 26.7 Å². The quantitative estimate of drug-likeness (QED) is 0.551. The lowest BCUT2D eigenvalue weighted by Gasteiger charge is -2.34. The first kappa shape index (κ1) is 15.9. The van der Waals surface area contributed by atoms with Crippen molar-refractivity contribution >= 4 is 11.9 Å². The van der Waals surface area contributed by atoms with Crippen molar-refractivity contribution in [1.82, 2.24) is 10.2 Å². The van der Waals surface area contributed by atoms with E-state index in [0.717, 1.165) is 13.1 Å². The largest absolute Gasteiger partial charge is 0.469 e. The minimum Gasteiger partial charge on any atom is -0.469 e. The first-order valence-corrected chi connectivity index (χ1v) is 6.72. The van der Waals surface area contributed by atoms with Crippen LogP contribution in [-0.4, -0.2) is 62.3 Å². The van der Waals surface area contributed by atoms with Crippen molar-refractivity contribution in [2.45, 2.75) is 38.9 Å². The summed E-state index contributed by atoms with van der Waals surface area (Å²) in [6.45, 7) is 6.47. The number of rotatable bonds is 6. The molecule has 0 bridgehead atoms. The Hall–Kier alpha value is -1.14. The molecule has 0 aromatic rings. The number of amides is 1. The topological polar surface area (TPSA) is 67.9 Å². The maximum Gasteiger partial charge on any atom is 0.305 e. The van der Waals surface area contributed by atoms with Crippen LogP contribution in [0.15, 0.2) is 0 Å². The van der Waals surface area contributed by atoms with E-state index in [1.807, 2.05) is 13.8 Å². The van der Waals surface area contributed by atoms with Gasteiger partial charge in [0.2, 0.25) is 5.91 Å². The van der Waals surface area contributed by atoms with Crippen LogP contribution in [0, 0.1) is 0 Å². The standard InChI is InChI=1S/C13H24N2O4/c1-10-7-15(8-11(2)19-10)9-12(16)14-6-4-5-13(17)18-3/h10-11H,4-9H2,1-3H3,(H,14,16)/t10-,11+. The fourth-order valence-electron chi connectivity index (χ4n) is 2.24. The van der Waals surface area contributed by atoms with Crippen LogP contribution in [-0.2, 0) is 19.1 Å². The molecule has 0 radical (unpaired) electrons. The Kier molecular flexibility index (Phi) is 6.80. The highest BCUT2D eigenvalue weighted by molar-refractivity contribution is 5.78. The number of ether oxygens (including phenoxy) is 2. The smallest absolute Gasteiger partial charge is 0.305 e. The lowest BCUT2D eigenvalue weighted by atomic mass is 10.2. The van der Waals surface area contributed by atoms with Gasteiger partial charge in [-0.25, -0.2) is 0 Å². The molecule has 0 aromatic carbocycles. The fourth-order valence-corrected chi connectivity index (χ4v) is 2.24. The van der Waals surface area contributed by atoms with E-state index in [4.69, 9.17) is 4.74 Å². The lowest BCUT2D eigenvalue weighted by Crippen LogP contribution is -2.49. The average Bonchev–Trinajstić information content (AvgIpc) is 2.33. The van der Waals surface area contributed by atoms with Gasteiger partial charge >= 0.3 is 5.97 Å². The van der Waals surface area contributed by atoms with Gasteiger partial charge in [0.1, 0.15) is 0 Å². The summed E-state index contributed by atoms with van der Waals surface area (Å²) in [5.41, 5.74) is 0. The molecule has 1 heterocycles. The number of methoxy groups -OCH3 is 1. The van der Waals surface area contributed by atoms with Crippen molar-refractivity contribution < 1.29 is 19.1 Å². The van der Waals surface area contributed by atoms with E-state index in [2.05, 4.69) is 15.0 Å². The van der Waals surface area contributed by atoms with Crippen LogP contribution >= 0.6 is 0 Å². The molecule has 19 heavy (non-hydrogen) atoms. The number of morpholine rings is 1. The van der Waals surface area contributed by atoms with Crippen LogP contribution in [0.2, 0.25) is 0 Å². The van der Waals surface area contributed by atoms with Gasteiger partial charge in [0.25, 0.3) is 0 Å². The van der Waals surface area contributed by atoms with Gasteiger partial charge in [0.15, 0.2) is 0 Å². The van der Waals surface area contributed by atoms with E-state index in [9.17, 15) is 9.59 Å².